The van der Waals surface area contributed by atoms with E-state index in [1.54, 1.807) is 29.2 Å². The second-order valence-electron chi connectivity index (χ2n) is 5.32. The number of amides is 1. The first-order valence-electron chi connectivity index (χ1n) is 7.59. The summed E-state index contributed by atoms with van der Waals surface area (Å²) in [6.45, 7) is 2.33. The van der Waals surface area contributed by atoms with Crippen molar-refractivity contribution in [2.75, 3.05) is 6.54 Å². The molecular weight excluding hydrogens is 340 g/mol. The van der Waals surface area contributed by atoms with Crippen LogP contribution >= 0.6 is 11.8 Å². The lowest BCUT2D eigenvalue weighted by molar-refractivity contribution is -0.122. The quantitative estimate of drug-likeness (QED) is 0.579. The van der Waals surface area contributed by atoms with Gasteiger partial charge in [-0.3, -0.25) is 9.69 Å². The molecule has 0 unspecified atom stereocenters. The number of phenolic OH excluding ortho intramolecular Hbond substituents is 3. The maximum Gasteiger partial charge on any atom is 0.266 e. The largest absolute Gasteiger partial charge is 0.508 e. The zero-order chi connectivity index (χ0) is 18.0. The van der Waals surface area contributed by atoms with E-state index in [-0.39, 0.29) is 23.2 Å². The minimum atomic E-state index is -0.241. The van der Waals surface area contributed by atoms with Gasteiger partial charge in [0.25, 0.3) is 5.91 Å². The zero-order valence-corrected chi connectivity index (χ0v) is 14.2. The van der Waals surface area contributed by atoms with Gasteiger partial charge in [-0.25, -0.2) is 4.99 Å². The summed E-state index contributed by atoms with van der Waals surface area (Å²) < 4.78 is 0. The summed E-state index contributed by atoms with van der Waals surface area (Å²) in [4.78, 5) is 19.1. The van der Waals surface area contributed by atoms with Crippen LogP contribution in [0, 0.1) is 0 Å². The number of benzene rings is 2. The number of nitrogens with zero attached hydrogens (tertiary/aromatic N) is 2. The molecule has 1 aliphatic rings. The van der Waals surface area contributed by atoms with E-state index < -0.39 is 0 Å². The monoisotopic (exact) mass is 356 g/mol. The number of phenols is 3. The van der Waals surface area contributed by atoms with E-state index in [0.717, 1.165) is 0 Å². The van der Waals surface area contributed by atoms with E-state index in [9.17, 15) is 20.1 Å². The first-order valence-corrected chi connectivity index (χ1v) is 8.40. The second kappa shape index (κ2) is 6.90. The molecule has 0 spiro atoms. The molecule has 128 valence electrons. The zero-order valence-electron chi connectivity index (χ0n) is 13.4. The number of carbonyl (C=O) groups excluding carboxylic acids is 1. The molecule has 1 heterocycles. The highest BCUT2D eigenvalue weighted by Crippen LogP contribution is 2.35. The summed E-state index contributed by atoms with van der Waals surface area (Å²) in [6.07, 6.45) is 1.65. The van der Waals surface area contributed by atoms with E-state index in [4.69, 9.17) is 0 Å². The predicted octanol–water partition coefficient (Wildman–Crippen LogP) is 3.43. The van der Waals surface area contributed by atoms with Gasteiger partial charge in [0, 0.05) is 6.54 Å². The van der Waals surface area contributed by atoms with Crippen molar-refractivity contribution in [3.05, 3.63) is 52.9 Å². The van der Waals surface area contributed by atoms with Gasteiger partial charge in [-0.2, -0.15) is 0 Å². The summed E-state index contributed by atoms with van der Waals surface area (Å²) in [5, 5.41) is 28.8. The van der Waals surface area contributed by atoms with Crippen LogP contribution in [0.2, 0.25) is 0 Å². The predicted molar refractivity (Wildman–Crippen MR) is 97.9 cm³/mol. The van der Waals surface area contributed by atoms with Gasteiger partial charge in [0.15, 0.2) is 16.7 Å². The molecule has 25 heavy (non-hydrogen) atoms. The first kappa shape index (κ1) is 16.9. The number of thioether (sulfide) groups is 1. The molecule has 0 aliphatic carbocycles. The van der Waals surface area contributed by atoms with Crippen molar-refractivity contribution < 1.29 is 20.1 Å². The van der Waals surface area contributed by atoms with Crippen LogP contribution in [0.4, 0.5) is 5.69 Å². The number of amidine groups is 1. The summed E-state index contributed by atoms with van der Waals surface area (Å²) >= 11 is 1.24. The number of likely N-dealkylation sites (N-methyl/N-ethyl adjacent to an activating group) is 1. The average Bonchev–Trinajstić information content (AvgIpc) is 2.88. The molecule has 3 rings (SSSR count). The fourth-order valence-corrected chi connectivity index (χ4v) is 3.35. The number of aliphatic imine (C=N–C) groups is 1. The molecule has 1 fully saturated rings. The maximum atomic E-state index is 12.6. The summed E-state index contributed by atoms with van der Waals surface area (Å²) in [6, 6.07) is 10.8. The van der Waals surface area contributed by atoms with E-state index >= 15 is 0 Å². The molecule has 0 atom stereocenters. The second-order valence-corrected chi connectivity index (χ2v) is 6.33. The average molecular weight is 356 g/mol. The SMILES string of the molecule is CCN1C(=O)/C(=C/c2ccc(O)c(O)c2)SC1=Nc1ccc(O)cc1. The molecule has 2 aromatic rings. The number of aromatic hydroxyl groups is 3. The molecule has 7 heteroatoms. The normalized spacial score (nSPS) is 17.6. The van der Waals surface area contributed by atoms with Crippen LogP contribution in [0.3, 0.4) is 0 Å². The van der Waals surface area contributed by atoms with Crippen molar-refractivity contribution in [3.63, 3.8) is 0 Å². The van der Waals surface area contributed by atoms with Crippen LogP contribution in [0.15, 0.2) is 52.4 Å². The topological polar surface area (TPSA) is 93.4 Å². The van der Waals surface area contributed by atoms with Gasteiger partial charge < -0.3 is 15.3 Å². The Balaban J connectivity index is 1.92. The van der Waals surface area contributed by atoms with Gasteiger partial charge in [-0.15, -0.1) is 0 Å². The highest BCUT2D eigenvalue weighted by atomic mass is 32.2. The minimum Gasteiger partial charge on any atom is -0.508 e. The number of rotatable bonds is 3. The van der Waals surface area contributed by atoms with Crippen LogP contribution in [0.25, 0.3) is 6.08 Å². The van der Waals surface area contributed by atoms with Crippen molar-refractivity contribution in [2.24, 2.45) is 4.99 Å². The molecule has 0 radical (unpaired) electrons. The third-order valence-electron chi connectivity index (χ3n) is 3.58. The van der Waals surface area contributed by atoms with E-state index in [1.807, 2.05) is 6.92 Å². The van der Waals surface area contributed by atoms with Crippen LogP contribution in [0.5, 0.6) is 17.2 Å². The minimum absolute atomic E-state index is 0.152. The molecule has 2 aromatic carbocycles. The number of hydrogen-bond donors (Lipinski definition) is 3. The Morgan fingerprint density at radius 1 is 1.08 bits per heavy atom. The molecule has 0 aromatic heterocycles. The molecule has 1 saturated heterocycles. The molecule has 6 nitrogen and oxygen atoms in total. The molecule has 0 bridgehead atoms. The Morgan fingerprint density at radius 3 is 2.44 bits per heavy atom. The third-order valence-corrected chi connectivity index (χ3v) is 4.58. The van der Waals surface area contributed by atoms with Crippen molar-refractivity contribution in [3.8, 4) is 17.2 Å². The summed E-state index contributed by atoms with van der Waals surface area (Å²) in [5.74, 6) is -0.468. The van der Waals surface area contributed by atoms with Crippen molar-refractivity contribution >= 4 is 34.6 Å². The smallest absolute Gasteiger partial charge is 0.266 e. The van der Waals surface area contributed by atoms with Gasteiger partial charge in [0.1, 0.15) is 5.75 Å². The fraction of sp³-hybridized carbons (Fsp3) is 0.111. The van der Waals surface area contributed by atoms with Gasteiger partial charge >= 0.3 is 0 Å². The molecule has 3 N–H and O–H groups in total. The Labute approximate surface area is 148 Å². The van der Waals surface area contributed by atoms with E-state index in [0.29, 0.717) is 27.9 Å². The highest BCUT2D eigenvalue weighted by molar-refractivity contribution is 8.18. The Kier molecular flexibility index (Phi) is 4.67. The van der Waals surface area contributed by atoms with Crippen molar-refractivity contribution in [1.29, 1.82) is 0 Å². The Hall–Kier alpha value is -2.93. The number of carbonyl (C=O) groups is 1. The maximum absolute atomic E-state index is 12.6. The Morgan fingerprint density at radius 2 is 1.80 bits per heavy atom. The molecular formula is C18H16N2O4S. The fourth-order valence-electron chi connectivity index (χ4n) is 2.29. The van der Waals surface area contributed by atoms with E-state index in [1.165, 1.54) is 36.0 Å². The van der Waals surface area contributed by atoms with Crippen molar-refractivity contribution in [1.82, 2.24) is 4.90 Å². The third kappa shape index (κ3) is 3.61. The van der Waals surface area contributed by atoms with E-state index in [2.05, 4.69) is 4.99 Å². The number of hydrogen-bond acceptors (Lipinski definition) is 6. The Bertz CT molecular complexity index is 875. The lowest BCUT2D eigenvalue weighted by Crippen LogP contribution is -2.28. The van der Waals surface area contributed by atoms with Crippen LogP contribution in [-0.4, -0.2) is 37.8 Å². The van der Waals surface area contributed by atoms with Crippen LogP contribution < -0.4 is 0 Å². The van der Waals surface area contributed by atoms with Crippen LogP contribution in [0.1, 0.15) is 12.5 Å². The molecule has 1 aliphatic heterocycles. The van der Waals surface area contributed by atoms with Crippen molar-refractivity contribution in [2.45, 2.75) is 6.92 Å². The standard InChI is InChI=1S/C18H16N2O4S/c1-2-20-17(24)16(10-11-3-8-14(22)15(23)9-11)25-18(20)19-12-4-6-13(21)7-5-12/h3-10,21-23H,2H2,1H3/b16-10-,19-18?. The lowest BCUT2D eigenvalue weighted by Gasteiger charge is -2.11. The van der Waals surface area contributed by atoms with Gasteiger partial charge in [0.2, 0.25) is 0 Å². The van der Waals surface area contributed by atoms with Gasteiger partial charge in [-0.1, -0.05) is 6.07 Å². The van der Waals surface area contributed by atoms with Gasteiger partial charge in [-0.05, 0) is 66.7 Å². The first-order chi connectivity index (χ1) is 12.0. The van der Waals surface area contributed by atoms with Crippen LogP contribution in [-0.2, 0) is 4.79 Å². The van der Waals surface area contributed by atoms with Gasteiger partial charge in [0.05, 0.1) is 10.6 Å². The summed E-state index contributed by atoms with van der Waals surface area (Å²) in [5.41, 5.74) is 1.24. The lowest BCUT2D eigenvalue weighted by atomic mass is 10.2. The summed E-state index contributed by atoms with van der Waals surface area (Å²) in [7, 11) is 0. The molecule has 1 amide bonds. The molecule has 0 saturated carbocycles. The highest BCUT2D eigenvalue weighted by Gasteiger charge is 2.32.